The predicted octanol–water partition coefficient (Wildman–Crippen LogP) is 1.09. The van der Waals surface area contributed by atoms with E-state index >= 15 is 0 Å². The molecule has 106 valence electrons. The molecule has 2 rings (SSSR count). The topological polar surface area (TPSA) is 91.4 Å². The summed E-state index contributed by atoms with van der Waals surface area (Å²) in [6.07, 6.45) is -0.475. The van der Waals surface area contributed by atoms with Gasteiger partial charge in [0.15, 0.2) is 6.10 Å². The van der Waals surface area contributed by atoms with Crippen LogP contribution in [-0.2, 0) is 9.53 Å². The number of nitrogens with zero attached hydrogens (tertiary/aromatic N) is 2. The largest absolute Gasteiger partial charge is 0.397 e. The number of nitriles is 1. The number of halogens is 1. The van der Waals surface area contributed by atoms with Crippen molar-refractivity contribution in [2.75, 3.05) is 37.3 Å². The summed E-state index contributed by atoms with van der Waals surface area (Å²) in [5.41, 5.74) is 6.72. The number of hydrogen-bond donors (Lipinski definition) is 2. The second-order valence-electron chi connectivity index (χ2n) is 4.50. The molecule has 1 heterocycles. The van der Waals surface area contributed by atoms with Crippen LogP contribution in [-0.4, -0.2) is 43.2 Å². The molecule has 0 radical (unpaired) electrons. The Morgan fingerprint density at radius 1 is 1.65 bits per heavy atom. The highest BCUT2D eigenvalue weighted by atomic mass is 35.5. The van der Waals surface area contributed by atoms with Gasteiger partial charge in [0.25, 0.3) is 0 Å². The minimum atomic E-state index is -0.475. The number of morpholine rings is 1. The van der Waals surface area contributed by atoms with Crippen molar-refractivity contribution in [2.24, 2.45) is 0 Å². The normalized spacial score (nSPS) is 19.3. The van der Waals surface area contributed by atoms with Gasteiger partial charge in [0.05, 0.1) is 30.6 Å². The van der Waals surface area contributed by atoms with Gasteiger partial charge in [-0.3, -0.25) is 9.69 Å². The maximum atomic E-state index is 11.9. The van der Waals surface area contributed by atoms with Gasteiger partial charge in [-0.25, -0.2) is 0 Å². The van der Waals surface area contributed by atoms with Gasteiger partial charge in [-0.2, -0.15) is 5.26 Å². The number of benzene rings is 1. The van der Waals surface area contributed by atoms with Crippen LogP contribution in [0.5, 0.6) is 0 Å². The van der Waals surface area contributed by atoms with Gasteiger partial charge in [-0.1, -0.05) is 11.6 Å². The number of rotatable bonds is 3. The first-order valence-electron chi connectivity index (χ1n) is 6.17. The number of anilines is 2. The summed E-state index contributed by atoms with van der Waals surface area (Å²) in [6.45, 7) is 1.71. The molecule has 0 aromatic heterocycles. The van der Waals surface area contributed by atoms with Crippen LogP contribution in [0.4, 0.5) is 11.4 Å². The number of ether oxygens (including phenoxy) is 1. The van der Waals surface area contributed by atoms with E-state index in [-0.39, 0.29) is 12.5 Å². The van der Waals surface area contributed by atoms with E-state index in [0.717, 1.165) is 0 Å². The number of hydrogen-bond acceptors (Lipinski definition) is 5. The lowest BCUT2D eigenvalue weighted by Gasteiger charge is -2.28. The molecule has 6 nitrogen and oxygen atoms in total. The molecule has 1 saturated heterocycles. The van der Waals surface area contributed by atoms with E-state index in [2.05, 4.69) is 5.32 Å². The Labute approximate surface area is 122 Å². The number of carbonyl (C=O) groups is 1. The zero-order chi connectivity index (χ0) is 14.5. The Morgan fingerprint density at radius 2 is 2.45 bits per heavy atom. The third-order valence-corrected chi connectivity index (χ3v) is 3.18. The van der Waals surface area contributed by atoms with Crippen molar-refractivity contribution < 1.29 is 9.53 Å². The molecular weight excluding hydrogens is 280 g/mol. The maximum absolute atomic E-state index is 11.9. The van der Waals surface area contributed by atoms with Crippen LogP contribution in [0, 0.1) is 11.3 Å². The third kappa shape index (κ3) is 3.84. The predicted molar refractivity (Wildman–Crippen MR) is 76.3 cm³/mol. The minimum absolute atomic E-state index is 0.183. The number of nitrogens with one attached hydrogen (secondary N) is 1. The lowest BCUT2D eigenvalue weighted by molar-refractivity contribution is -0.118. The van der Waals surface area contributed by atoms with Crippen molar-refractivity contribution >= 4 is 28.9 Å². The van der Waals surface area contributed by atoms with Crippen molar-refractivity contribution in [3.63, 3.8) is 0 Å². The summed E-state index contributed by atoms with van der Waals surface area (Å²) >= 11 is 5.80. The Hall–Kier alpha value is -1.81. The van der Waals surface area contributed by atoms with Crippen LogP contribution in [0.3, 0.4) is 0 Å². The Balaban J connectivity index is 1.90. The maximum Gasteiger partial charge on any atom is 0.238 e. The van der Waals surface area contributed by atoms with Gasteiger partial charge in [-0.05, 0) is 18.2 Å². The molecule has 1 aromatic carbocycles. The van der Waals surface area contributed by atoms with Crippen molar-refractivity contribution in [3.8, 4) is 6.07 Å². The minimum Gasteiger partial charge on any atom is -0.397 e. The second kappa shape index (κ2) is 6.57. The average Bonchev–Trinajstić information content (AvgIpc) is 2.42. The van der Waals surface area contributed by atoms with E-state index in [1.54, 1.807) is 18.2 Å². The molecule has 1 amide bonds. The SMILES string of the molecule is N#CC1CN(CC(=O)Nc2ccc(Cl)cc2N)CCO1. The van der Waals surface area contributed by atoms with Gasteiger partial charge in [0.2, 0.25) is 5.91 Å². The van der Waals surface area contributed by atoms with Gasteiger partial charge < -0.3 is 15.8 Å². The fourth-order valence-corrected chi connectivity index (χ4v) is 2.15. The first kappa shape index (κ1) is 14.6. The van der Waals surface area contributed by atoms with Gasteiger partial charge in [0.1, 0.15) is 0 Å². The molecule has 1 atom stereocenters. The molecule has 1 aromatic rings. The van der Waals surface area contributed by atoms with Crippen molar-refractivity contribution in [1.82, 2.24) is 4.90 Å². The second-order valence-corrected chi connectivity index (χ2v) is 4.94. The average molecular weight is 295 g/mol. The standard InChI is InChI=1S/C13H15ClN4O2/c14-9-1-2-12(11(16)5-9)17-13(19)8-18-3-4-20-10(6-15)7-18/h1-2,5,10H,3-4,7-8,16H2,(H,17,19). The van der Waals surface area contributed by atoms with Crippen molar-refractivity contribution in [2.45, 2.75) is 6.10 Å². The van der Waals surface area contributed by atoms with Gasteiger partial charge >= 0.3 is 0 Å². The highest BCUT2D eigenvalue weighted by molar-refractivity contribution is 6.31. The Morgan fingerprint density at radius 3 is 3.15 bits per heavy atom. The first-order chi connectivity index (χ1) is 9.58. The lowest BCUT2D eigenvalue weighted by atomic mass is 10.2. The van der Waals surface area contributed by atoms with Gasteiger partial charge in [0, 0.05) is 18.1 Å². The van der Waals surface area contributed by atoms with E-state index in [0.29, 0.717) is 36.1 Å². The molecular formula is C13H15ClN4O2. The highest BCUT2D eigenvalue weighted by Crippen LogP contribution is 2.22. The summed E-state index contributed by atoms with van der Waals surface area (Å²) in [5, 5.41) is 12.1. The van der Waals surface area contributed by atoms with E-state index in [1.165, 1.54) is 0 Å². The number of nitrogen functional groups attached to an aromatic ring is 1. The van der Waals surface area contributed by atoms with Gasteiger partial charge in [-0.15, -0.1) is 0 Å². The molecule has 1 fully saturated rings. The smallest absolute Gasteiger partial charge is 0.238 e. The summed E-state index contributed by atoms with van der Waals surface area (Å²) in [4.78, 5) is 13.8. The van der Waals surface area contributed by atoms with Crippen LogP contribution in [0.2, 0.25) is 5.02 Å². The molecule has 0 aliphatic carbocycles. The van der Waals surface area contributed by atoms with Crippen molar-refractivity contribution in [1.29, 1.82) is 5.26 Å². The summed E-state index contributed by atoms with van der Waals surface area (Å²) in [5.74, 6) is -0.183. The molecule has 20 heavy (non-hydrogen) atoms. The van der Waals surface area contributed by atoms with E-state index in [4.69, 9.17) is 27.3 Å². The van der Waals surface area contributed by atoms with Crippen LogP contribution in [0.15, 0.2) is 18.2 Å². The Bertz CT molecular complexity index is 544. The molecule has 7 heteroatoms. The van der Waals surface area contributed by atoms with Crippen LogP contribution < -0.4 is 11.1 Å². The highest BCUT2D eigenvalue weighted by Gasteiger charge is 2.21. The lowest BCUT2D eigenvalue weighted by Crippen LogP contribution is -2.45. The molecule has 1 unspecified atom stereocenters. The molecule has 0 bridgehead atoms. The zero-order valence-electron chi connectivity index (χ0n) is 10.8. The molecule has 0 saturated carbocycles. The number of amides is 1. The van der Waals surface area contributed by atoms with Crippen LogP contribution >= 0.6 is 11.6 Å². The van der Waals surface area contributed by atoms with Crippen molar-refractivity contribution in [3.05, 3.63) is 23.2 Å². The monoisotopic (exact) mass is 294 g/mol. The number of carbonyl (C=O) groups excluding carboxylic acids is 1. The first-order valence-corrected chi connectivity index (χ1v) is 6.54. The molecule has 1 aliphatic rings. The molecule has 3 N–H and O–H groups in total. The molecule has 0 spiro atoms. The van der Waals surface area contributed by atoms with E-state index in [1.807, 2.05) is 11.0 Å². The summed E-state index contributed by atoms with van der Waals surface area (Å²) in [7, 11) is 0. The fraction of sp³-hybridized carbons (Fsp3) is 0.385. The summed E-state index contributed by atoms with van der Waals surface area (Å²) in [6, 6.07) is 6.94. The summed E-state index contributed by atoms with van der Waals surface area (Å²) < 4.78 is 5.22. The molecule has 1 aliphatic heterocycles. The fourth-order valence-electron chi connectivity index (χ4n) is 1.96. The zero-order valence-corrected chi connectivity index (χ0v) is 11.6. The quantitative estimate of drug-likeness (QED) is 0.814. The van der Waals surface area contributed by atoms with E-state index in [9.17, 15) is 4.79 Å². The Kier molecular flexibility index (Phi) is 4.79. The van der Waals surface area contributed by atoms with Crippen LogP contribution in [0.1, 0.15) is 0 Å². The third-order valence-electron chi connectivity index (χ3n) is 2.95. The van der Waals surface area contributed by atoms with Crippen LogP contribution in [0.25, 0.3) is 0 Å². The van der Waals surface area contributed by atoms with E-state index < -0.39 is 6.10 Å². The number of nitrogens with two attached hydrogens (primary N) is 1.